The van der Waals surface area contributed by atoms with Crippen LogP contribution >= 0.6 is 0 Å². The smallest absolute Gasteiger partial charge is 0.415 e. The summed E-state index contributed by atoms with van der Waals surface area (Å²) in [6, 6.07) is 8.50. The first-order valence-electron chi connectivity index (χ1n) is 5.10. The van der Waals surface area contributed by atoms with Crippen molar-refractivity contribution in [3.63, 3.8) is 0 Å². The first-order valence-corrected chi connectivity index (χ1v) is 5.10. The number of ether oxygens (including phenoxy) is 1. The maximum atomic E-state index is 11.4. The van der Waals surface area contributed by atoms with Gasteiger partial charge in [-0.3, -0.25) is 9.69 Å². The summed E-state index contributed by atoms with van der Waals surface area (Å²) in [6.45, 7) is 1.69. The maximum absolute atomic E-state index is 11.4. The van der Waals surface area contributed by atoms with Gasteiger partial charge in [0, 0.05) is 11.3 Å². The molecule has 1 amide bonds. The highest BCUT2D eigenvalue weighted by Crippen LogP contribution is 2.21. The van der Waals surface area contributed by atoms with Crippen molar-refractivity contribution in [3.8, 4) is 6.07 Å². The van der Waals surface area contributed by atoms with E-state index in [1.54, 1.807) is 24.3 Å². The minimum Gasteiger partial charge on any atom is -0.428 e. The van der Waals surface area contributed by atoms with E-state index >= 15 is 0 Å². The van der Waals surface area contributed by atoms with Gasteiger partial charge >= 0.3 is 6.09 Å². The van der Waals surface area contributed by atoms with E-state index in [9.17, 15) is 9.59 Å². The summed E-state index contributed by atoms with van der Waals surface area (Å²) in [6.07, 6.45) is -1.26. The monoisotopic (exact) mass is 230 g/mol. The second kappa shape index (κ2) is 4.26. The second-order valence-electron chi connectivity index (χ2n) is 3.72. The lowest BCUT2D eigenvalue weighted by Crippen LogP contribution is -2.24. The summed E-state index contributed by atoms with van der Waals surface area (Å²) < 4.78 is 4.81. The molecular formula is C12H10N2O3. The summed E-state index contributed by atoms with van der Waals surface area (Å²) in [5.74, 6) is -0.0320. The average Bonchev–Trinajstić information content (AvgIpc) is 2.71. The van der Waals surface area contributed by atoms with E-state index in [1.807, 2.05) is 6.07 Å². The van der Waals surface area contributed by atoms with Gasteiger partial charge in [0.1, 0.15) is 6.07 Å². The summed E-state index contributed by atoms with van der Waals surface area (Å²) in [7, 11) is 0. The summed E-state index contributed by atoms with van der Waals surface area (Å²) >= 11 is 0. The van der Waals surface area contributed by atoms with Crippen LogP contribution in [0.3, 0.4) is 0 Å². The number of rotatable bonds is 2. The highest BCUT2D eigenvalue weighted by molar-refractivity contribution is 5.95. The normalized spacial score (nSPS) is 18.7. The quantitative estimate of drug-likeness (QED) is 0.725. The number of anilines is 1. The van der Waals surface area contributed by atoms with Crippen molar-refractivity contribution in [2.75, 3.05) is 11.4 Å². The molecule has 17 heavy (non-hydrogen) atoms. The minimum absolute atomic E-state index is 0.0320. The van der Waals surface area contributed by atoms with Crippen LogP contribution in [-0.4, -0.2) is 24.5 Å². The predicted molar refractivity (Wildman–Crippen MR) is 59.7 cm³/mol. The number of cyclic esters (lactones) is 1. The van der Waals surface area contributed by atoms with Crippen LogP contribution in [-0.2, 0) is 4.74 Å². The van der Waals surface area contributed by atoms with E-state index in [2.05, 4.69) is 0 Å². The highest BCUT2D eigenvalue weighted by Gasteiger charge is 2.32. The van der Waals surface area contributed by atoms with Crippen molar-refractivity contribution in [2.24, 2.45) is 0 Å². The molecule has 1 saturated heterocycles. The zero-order valence-corrected chi connectivity index (χ0v) is 9.21. The fraction of sp³-hybridized carbons (Fsp3) is 0.250. The van der Waals surface area contributed by atoms with E-state index in [0.29, 0.717) is 11.3 Å². The van der Waals surface area contributed by atoms with Crippen LogP contribution < -0.4 is 4.90 Å². The van der Waals surface area contributed by atoms with Crippen molar-refractivity contribution < 1.29 is 14.3 Å². The average molecular weight is 230 g/mol. The van der Waals surface area contributed by atoms with Crippen molar-refractivity contribution in [3.05, 3.63) is 29.8 Å². The van der Waals surface area contributed by atoms with Gasteiger partial charge in [0.05, 0.1) is 6.54 Å². The Hall–Kier alpha value is -2.35. The number of Topliss-reactive ketones (excluding diaryl/α,β-unsaturated/α-hetero) is 1. The Morgan fingerprint density at radius 1 is 1.47 bits per heavy atom. The predicted octanol–water partition coefficient (Wildman–Crippen LogP) is 1.74. The maximum Gasteiger partial charge on any atom is 0.415 e. The van der Waals surface area contributed by atoms with Crippen LogP contribution in [0.5, 0.6) is 0 Å². The molecule has 0 N–H and O–H groups in total. The molecule has 1 fully saturated rings. The van der Waals surface area contributed by atoms with Crippen LogP contribution in [0.15, 0.2) is 24.3 Å². The molecule has 0 spiro atoms. The molecule has 5 nitrogen and oxygen atoms in total. The van der Waals surface area contributed by atoms with Gasteiger partial charge in [-0.05, 0) is 31.2 Å². The summed E-state index contributed by atoms with van der Waals surface area (Å²) in [5.41, 5.74) is 1.20. The molecule has 0 aliphatic carbocycles. The second-order valence-corrected chi connectivity index (χ2v) is 3.72. The summed E-state index contributed by atoms with van der Waals surface area (Å²) in [4.78, 5) is 23.9. The van der Waals surface area contributed by atoms with Gasteiger partial charge in [-0.1, -0.05) is 0 Å². The van der Waals surface area contributed by atoms with Crippen molar-refractivity contribution in [2.45, 2.75) is 13.0 Å². The van der Waals surface area contributed by atoms with Crippen LogP contribution in [0.4, 0.5) is 10.5 Å². The van der Waals surface area contributed by atoms with Gasteiger partial charge in [0.25, 0.3) is 0 Å². The number of hydrogen-bond acceptors (Lipinski definition) is 4. The van der Waals surface area contributed by atoms with Crippen molar-refractivity contribution >= 4 is 17.6 Å². The molecular weight excluding hydrogens is 220 g/mol. The number of carbonyl (C=O) groups excluding carboxylic acids is 2. The molecule has 0 bridgehead atoms. The zero-order valence-electron chi connectivity index (χ0n) is 9.21. The number of nitrogens with zero attached hydrogens (tertiary/aromatic N) is 2. The van der Waals surface area contributed by atoms with E-state index in [1.165, 1.54) is 11.8 Å². The molecule has 1 aromatic carbocycles. The van der Waals surface area contributed by atoms with Gasteiger partial charge in [-0.2, -0.15) is 5.26 Å². The van der Waals surface area contributed by atoms with E-state index in [0.717, 1.165) is 0 Å². The van der Waals surface area contributed by atoms with Crippen LogP contribution in [0, 0.1) is 11.3 Å². The van der Waals surface area contributed by atoms with Crippen LogP contribution in [0.2, 0.25) is 0 Å². The standard InChI is InChI=1S/C12H10N2O3/c1-8(15)9-2-4-10(5-3-9)14-7-11(6-13)17-12(14)16/h2-5,11H,7H2,1H3. The Labute approximate surface area is 98.2 Å². The lowest BCUT2D eigenvalue weighted by molar-refractivity contribution is 0.101. The van der Waals surface area contributed by atoms with Crippen LogP contribution in [0.1, 0.15) is 17.3 Å². The van der Waals surface area contributed by atoms with E-state index in [4.69, 9.17) is 10.00 Å². The van der Waals surface area contributed by atoms with Gasteiger partial charge < -0.3 is 4.74 Å². The molecule has 5 heteroatoms. The minimum atomic E-state index is -0.727. The SMILES string of the molecule is CC(=O)c1ccc(N2CC(C#N)OC2=O)cc1. The molecule has 2 rings (SSSR count). The molecule has 0 saturated carbocycles. The first kappa shape index (κ1) is 11.1. The number of carbonyl (C=O) groups is 2. The molecule has 1 unspecified atom stereocenters. The third-order valence-corrected chi connectivity index (χ3v) is 2.54. The third-order valence-electron chi connectivity index (χ3n) is 2.54. The largest absolute Gasteiger partial charge is 0.428 e. The molecule has 1 aliphatic rings. The fourth-order valence-corrected chi connectivity index (χ4v) is 1.62. The Morgan fingerprint density at radius 3 is 2.59 bits per heavy atom. The van der Waals surface area contributed by atoms with Crippen molar-refractivity contribution in [1.29, 1.82) is 5.26 Å². The Bertz CT molecular complexity index is 501. The third kappa shape index (κ3) is 2.11. The molecule has 1 aliphatic heterocycles. The Kier molecular flexibility index (Phi) is 2.79. The molecule has 0 radical (unpaired) electrons. The summed E-state index contributed by atoms with van der Waals surface area (Å²) in [5, 5.41) is 8.67. The van der Waals surface area contributed by atoms with E-state index < -0.39 is 12.2 Å². The molecule has 1 atom stereocenters. The van der Waals surface area contributed by atoms with Crippen LogP contribution in [0.25, 0.3) is 0 Å². The number of amides is 1. The van der Waals surface area contributed by atoms with E-state index in [-0.39, 0.29) is 12.3 Å². The van der Waals surface area contributed by atoms with Gasteiger partial charge in [0.15, 0.2) is 5.78 Å². The zero-order chi connectivity index (χ0) is 12.4. The molecule has 0 aromatic heterocycles. The lowest BCUT2D eigenvalue weighted by Gasteiger charge is -2.12. The van der Waals surface area contributed by atoms with Crippen molar-refractivity contribution in [1.82, 2.24) is 0 Å². The molecule has 86 valence electrons. The molecule has 1 aromatic rings. The Balaban J connectivity index is 2.21. The number of nitriles is 1. The number of ketones is 1. The first-order chi connectivity index (χ1) is 8.11. The number of benzene rings is 1. The lowest BCUT2D eigenvalue weighted by atomic mass is 10.1. The number of hydrogen-bond donors (Lipinski definition) is 0. The highest BCUT2D eigenvalue weighted by atomic mass is 16.6. The van der Waals surface area contributed by atoms with Gasteiger partial charge in [0.2, 0.25) is 6.10 Å². The molecule has 1 heterocycles. The van der Waals surface area contributed by atoms with Gasteiger partial charge in [-0.15, -0.1) is 0 Å². The topological polar surface area (TPSA) is 70.4 Å². The fourth-order valence-electron chi connectivity index (χ4n) is 1.62. The Morgan fingerprint density at radius 2 is 2.12 bits per heavy atom. The van der Waals surface area contributed by atoms with Gasteiger partial charge in [-0.25, -0.2) is 4.79 Å².